The van der Waals surface area contributed by atoms with E-state index in [1.807, 2.05) is 58.9 Å². The van der Waals surface area contributed by atoms with Gasteiger partial charge in [0.25, 0.3) is 5.91 Å². The molecule has 2 aromatic rings. The van der Waals surface area contributed by atoms with E-state index in [1.165, 1.54) is 0 Å². The van der Waals surface area contributed by atoms with Crippen LogP contribution in [0.1, 0.15) is 50.5 Å². The number of pyridine rings is 1. The van der Waals surface area contributed by atoms with E-state index in [-0.39, 0.29) is 23.9 Å². The molecule has 1 aromatic carbocycles. The lowest BCUT2D eigenvalue weighted by atomic mass is 10.0. The molecular weight excluding hydrogens is 410 g/mol. The maximum atomic E-state index is 12.8. The SMILES string of the molecule is CNC(=O)c1cccnc1Oc1ccc(C[C@H]2COC(C)(C)N2C(=O)OC(C)(C)C)cc1. The molecular formula is C24H31N3O5. The van der Waals surface area contributed by atoms with E-state index >= 15 is 0 Å². The van der Waals surface area contributed by atoms with Crippen molar-refractivity contribution in [2.45, 2.75) is 58.4 Å². The van der Waals surface area contributed by atoms with Crippen LogP contribution in [0.4, 0.5) is 4.79 Å². The van der Waals surface area contributed by atoms with Crippen molar-refractivity contribution in [2.24, 2.45) is 0 Å². The van der Waals surface area contributed by atoms with Crippen LogP contribution in [0.2, 0.25) is 0 Å². The van der Waals surface area contributed by atoms with Gasteiger partial charge in [0.1, 0.15) is 22.6 Å². The van der Waals surface area contributed by atoms with Gasteiger partial charge in [-0.2, -0.15) is 0 Å². The zero-order valence-electron chi connectivity index (χ0n) is 19.5. The Morgan fingerprint density at radius 1 is 1.22 bits per heavy atom. The Bertz CT molecular complexity index is 966. The lowest BCUT2D eigenvalue weighted by molar-refractivity contribution is -0.0624. The van der Waals surface area contributed by atoms with Gasteiger partial charge in [0.2, 0.25) is 5.88 Å². The number of nitrogens with one attached hydrogen (secondary N) is 1. The number of hydrogen-bond donors (Lipinski definition) is 1. The molecule has 1 aliphatic rings. The Kier molecular flexibility index (Phi) is 6.74. The summed E-state index contributed by atoms with van der Waals surface area (Å²) in [4.78, 5) is 30.7. The fourth-order valence-electron chi connectivity index (χ4n) is 3.57. The monoisotopic (exact) mass is 441 g/mol. The second kappa shape index (κ2) is 9.16. The minimum atomic E-state index is -0.745. The summed E-state index contributed by atoms with van der Waals surface area (Å²) in [6.07, 6.45) is 1.79. The lowest BCUT2D eigenvalue weighted by Crippen LogP contribution is -2.50. The summed E-state index contributed by atoms with van der Waals surface area (Å²) in [5.74, 6) is 0.530. The third kappa shape index (κ3) is 5.56. The van der Waals surface area contributed by atoms with Crippen LogP contribution in [0.3, 0.4) is 0 Å². The van der Waals surface area contributed by atoms with Crippen LogP contribution >= 0.6 is 0 Å². The number of rotatable bonds is 5. The van der Waals surface area contributed by atoms with E-state index in [9.17, 15) is 9.59 Å². The molecule has 1 atom stereocenters. The summed E-state index contributed by atoms with van der Waals surface area (Å²) >= 11 is 0. The molecule has 0 aliphatic carbocycles. The standard InChI is InChI=1S/C24H31N3O5/c1-23(2,3)32-22(29)27-17(15-30-24(27,4)5)14-16-9-11-18(12-10-16)31-21-19(20(28)25-6)8-7-13-26-21/h7-13,17H,14-15H2,1-6H3,(H,25,28)/t17-/m0/s1. The largest absolute Gasteiger partial charge is 0.444 e. The summed E-state index contributed by atoms with van der Waals surface area (Å²) in [7, 11) is 1.56. The van der Waals surface area contributed by atoms with Crippen LogP contribution in [0.15, 0.2) is 42.6 Å². The zero-order valence-corrected chi connectivity index (χ0v) is 19.5. The van der Waals surface area contributed by atoms with Gasteiger partial charge in [0, 0.05) is 13.2 Å². The molecule has 0 saturated carbocycles. The molecule has 2 heterocycles. The number of amides is 2. The molecule has 0 radical (unpaired) electrons. The Balaban J connectivity index is 1.72. The topological polar surface area (TPSA) is 90.0 Å². The number of hydrogen-bond acceptors (Lipinski definition) is 6. The Morgan fingerprint density at radius 2 is 1.91 bits per heavy atom. The Hall–Kier alpha value is -3.13. The second-order valence-corrected chi connectivity index (χ2v) is 9.15. The molecule has 1 fully saturated rings. The molecule has 0 unspecified atom stereocenters. The van der Waals surface area contributed by atoms with Crippen molar-refractivity contribution in [1.29, 1.82) is 0 Å². The molecule has 8 heteroatoms. The first-order valence-corrected chi connectivity index (χ1v) is 10.6. The molecule has 172 valence electrons. The summed E-state index contributed by atoms with van der Waals surface area (Å²) in [5, 5.41) is 2.58. The van der Waals surface area contributed by atoms with Gasteiger partial charge in [-0.05, 0) is 70.9 Å². The molecule has 1 aliphatic heterocycles. The van der Waals surface area contributed by atoms with Gasteiger partial charge >= 0.3 is 6.09 Å². The van der Waals surface area contributed by atoms with Crippen molar-refractivity contribution >= 4 is 12.0 Å². The van der Waals surface area contributed by atoms with E-state index < -0.39 is 11.3 Å². The summed E-state index contributed by atoms with van der Waals surface area (Å²) in [6.45, 7) is 9.70. The molecule has 3 rings (SSSR count). The smallest absolute Gasteiger partial charge is 0.412 e. The van der Waals surface area contributed by atoms with Crippen molar-refractivity contribution in [3.05, 3.63) is 53.7 Å². The van der Waals surface area contributed by atoms with Crippen molar-refractivity contribution < 1.29 is 23.8 Å². The molecule has 32 heavy (non-hydrogen) atoms. The number of aromatic nitrogens is 1. The van der Waals surface area contributed by atoms with Gasteiger partial charge in [0.05, 0.1) is 12.6 Å². The van der Waals surface area contributed by atoms with Crippen LogP contribution in [-0.4, -0.2) is 52.9 Å². The third-order valence-electron chi connectivity index (χ3n) is 5.02. The Morgan fingerprint density at radius 3 is 2.53 bits per heavy atom. The van der Waals surface area contributed by atoms with E-state index in [0.717, 1.165) is 5.56 Å². The highest BCUT2D eigenvalue weighted by atomic mass is 16.6. The molecule has 0 bridgehead atoms. The quantitative estimate of drug-likeness (QED) is 0.750. The first-order valence-electron chi connectivity index (χ1n) is 10.6. The van der Waals surface area contributed by atoms with Crippen molar-refractivity contribution in [2.75, 3.05) is 13.7 Å². The minimum Gasteiger partial charge on any atom is -0.444 e. The first-order chi connectivity index (χ1) is 15.0. The highest BCUT2D eigenvalue weighted by Crippen LogP contribution is 2.31. The van der Waals surface area contributed by atoms with E-state index in [2.05, 4.69) is 10.3 Å². The van der Waals surface area contributed by atoms with Gasteiger partial charge in [0.15, 0.2) is 0 Å². The average Bonchev–Trinajstić information content (AvgIpc) is 3.02. The molecule has 8 nitrogen and oxygen atoms in total. The second-order valence-electron chi connectivity index (χ2n) is 9.15. The van der Waals surface area contributed by atoms with E-state index in [0.29, 0.717) is 24.3 Å². The summed E-state index contributed by atoms with van der Waals surface area (Å²) in [6, 6.07) is 10.7. The fourth-order valence-corrected chi connectivity index (χ4v) is 3.57. The predicted molar refractivity (Wildman–Crippen MR) is 120 cm³/mol. The van der Waals surface area contributed by atoms with Gasteiger partial charge in [-0.25, -0.2) is 9.78 Å². The predicted octanol–water partition coefficient (Wildman–Crippen LogP) is 4.15. The van der Waals surface area contributed by atoms with Crippen molar-refractivity contribution in [1.82, 2.24) is 15.2 Å². The zero-order chi connectivity index (χ0) is 23.5. The number of benzene rings is 1. The maximum absolute atomic E-state index is 12.8. The van der Waals surface area contributed by atoms with Gasteiger partial charge < -0.3 is 19.5 Å². The normalized spacial score (nSPS) is 17.7. The number of carbonyl (C=O) groups is 2. The van der Waals surface area contributed by atoms with Crippen LogP contribution in [-0.2, 0) is 15.9 Å². The highest BCUT2D eigenvalue weighted by Gasteiger charge is 2.45. The van der Waals surface area contributed by atoms with Crippen LogP contribution in [0.5, 0.6) is 11.6 Å². The molecule has 1 aromatic heterocycles. The number of ether oxygens (including phenoxy) is 3. The van der Waals surface area contributed by atoms with Gasteiger partial charge in [-0.3, -0.25) is 9.69 Å². The summed E-state index contributed by atoms with van der Waals surface area (Å²) in [5.41, 5.74) is 0.0472. The highest BCUT2D eigenvalue weighted by molar-refractivity contribution is 5.96. The molecule has 0 spiro atoms. The number of nitrogens with zero attached hydrogens (tertiary/aromatic N) is 2. The van der Waals surface area contributed by atoms with Crippen LogP contribution in [0, 0.1) is 0 Å². The van der Waals surface area contributed by atoms with Crippen molar-refractivity contribution in [3.63, 3.8) is 0 Å². The molecule has 1 N–H and O–H groups in total. The first kappa shape index (κ1) is 23.5. The van der Waals surface area contributed by atoms with Crippen LogP contribution < -0.4 is 10.1 Å². The summed E-state index contributed by atoms with van der Waals surface area (Å²) < 4.78 is 17.3. The van der Waals surface area contributed by atoms with Crippen molar-refractivity contribution in [3.8, 4) is 11.6 Å². The third-order valence-corrected chi connectivity index (χ3v) is 5.02. The van der Waals surface area contributed by atoms with Gasteiger partial charge in [-0.1, -0.05) is 12.1 Å². The van der Waals surface area contributed by atoms with Gasteiger partial charge in [-0.15, -0.1) is 0 Å². The molecule has 1 saturated heterocycles. The lowest BCUT2D eigenvalue weighted by Gasteiger charge is -2.35. The van der Waals surface area contributed by atoms with E-state index in [1.54, 1.807) is 30.3 Å². The number of carbonyl (C=O) groups excluding carboxylic acids is 2. The Labute approximate surface area is 188 Å². The maximum Gasteiger partial charge on any atom is 0.412 e. The molecule has 2 amide bonds. The van der Waals surface area contributed by atoms with Crippen LogP contribution in [0.25, 0.3) is 0 Å². The minimum absolute atomic E-state index is 0.151. The van der Waals surface area contributed by atoms with E-state index in [4.69, 9.17) is 14.2 Å². The fraction of sp³-hybridized carbons (Fsp3) is 0.458. The average molecular weight is 442 g/mol.